The lowest BCUT2D eigenvalue weighted by molar-refractivity contribution is 0.417. The van der Waals surface area contributed by atoms with Crippen LogP contribution in [0.5, 0.6) is 5.75 Å². The van der Waals surface area contributed by atoms with E-state index in [1.165, 1.54) is 0 Å². The summed E-state index contributed by atoms with van der Waals surface area (Å²) in [7, 11) is -1.40. The van der Waals surface area contributed by atoms with E-state index in [4.69, 9.17) is 4.74 Å². The Morgan fingerprint density at radius 2 is 2.29 bits per heavy atom. The number of nitrogens with zero attached hydrogens (tertiary/aromatic N) is 2. The number of methoxy groups -OCH3 is 1. The lowest BCUT2D eigenvalue weighted by atomic mass is 10.3. The molecule has 0 aliphatic carbocycles. The van der Waals surface area contributed by atoms with Gasteiger partial charge in [0, 0.05) is 12.6 Å². The van der Waals surface area contributed by atoms with Gasteiger partial charge in [0.1, 0.15) is 0 Å². The van der Waals surface area contributed by atoms with Gasteiger partial charge in [-0.3, -0.25) is 4.40 Å². The SMILES string of the molecule is COc1cccn2c3c(nc12)CCS(=O)(=O)C3. The molecule has 0 unspecified atom stereocenters. The number of fused-ring (bicyclic) bond motifs is 3. The van der Waals surface area contributed by atoms with Gasteiger partial charge < -0.3 is 4.74 Å². The zero-order valence-electron chi connectivity index (χ0n) is 9.38. The molecule has 0 atom stereocenters. The number of hydrogen-bond donors (Lipinski definition) is 0. The van der Waals surface area contributed by atoms with Crippen LogP contribution in [0.15, 0.2) is 18.3 Å². The van der Waals surface area contributed by atoms with Gasteiger partial charge in [0.05, 0.1) is 30.0 Å². The summed E-state index contributed by atoms with van der Waals surface area (Å²) in [5.41, 5.74) is 2.33. The molecule has 6 heteroatoms. The second kappa shape index (κ2) is 3.46. The van der Waals surface area contributed by atoms with Gasteiger partial charge in [-0.25, -0.2) is 13.4 Å². The van der Waals surface area contributed by atoms with E-state index in [0.29, 0.717) is 17.8 Å². The number of imidazole rings is 1. The van der Waals surface area contributed by atoms with E-state index >= 15 is 0 Å². The highest BCUT2D eigenvalue weighted by atomic mass is 32.2. The van der Waals surface area contributed by atoms with Gasteiger partial charge >= 0.3 is 0 Å². The molecule has 1 aliphatic heterocycles. The van der Waals surface area contributed by atoms with E-state index < -0.39 is 9.84 Å². The van der Waals surface area contributed by atoms with Crippen LogP contribution in [0.4, 0.5) is 0 Å². The zero-order chi connectivity index (χ0) is 12.0. The van der Waals surface area contributed by atoms with Crippen molar-refractivity contribution in [3.8, 4) is 5.75 Å². The summed E-state index contributed by atoms with van der Waals surface area (Å²) >= 11 is 0. The van der Waals surface area contributed by atoms with Crippen LogP contribution in [0.2, 0.25) is 0 Å². The van der Waals surface area contributed by atoms with Crippen LogP contribution in [0.25, 0.3) is 5.65 Å². The third kappa shape index (κ3) is 1.59. The number of ether oxygens (including phenoxy) is 1. The highest BCUT2D eigenvalue weighted by Gasteiger charge is 2.26. The Morgan fingerprint density at radius 3 is 3.06 bits per heavy atom. The quantitative estimate of drug-likeness (QED) is 0.753. The van der Waals surface area contributed by atoms with Crippen molar-refractivity contribution in [2.75, 3.05) is 12.9 Å². The van der Waals surface area contributed by atoms with E-state index in [9.17, 15) is 8.42 Å². The zero-order valence-corrected chi connectivity index (χ0v) is 10.2. The van der Waals surface area contributed by atoms with Crippen molar-refractivity contribution >= 4 is 15.5 Å². The van der Waals surface area contributed by atoms with Gasteiger partial charge in [-0.05, 0) is 12.1 Å². The number of aromatic nitrogens is 2. The van der Waals surface area contributed by atoms with Gasteiger partial charge in [-0.2, -0.15) is 0 Å². The first-order valence-electron chi connectivity index (χ1n) is 5.34. The minimum Gasteiger partial charge on any atom is -0.493 e. The molecule has 0 radical (unpaired) electrons. The van der Waals surface area contributed by atoms with Gasteiger partial charge in [-0.15, -0.1) is 0 Å². The highest BCUT2D eigenvalue weighted by Crippen LogP contribution is 2.26. The van der Waals surface area contributed by atoms with Crippen molar-refractivity contribution in [3.05, 3.63) is 29.7 Å². The molecule has 0 saturated heterocycles. The molecule has 2 aromatic rings. The van der Waals surface area contributed by atoms with E-state index in [1.54, 1.807) is 7.11 Å². The largest absolute Gasteiger partial charge is 0.493 e. The Labute approximate surface area is 99.0 Å². The predicted molar refractivity (Wildman–Crippen MR) is 62.9 cm³/mol. The lowest BCUT2D eigenvalue weighted by Gasteiger charge is -2.11. The predicted octanol–water partition coefficient (Wildman–Crippen LogP) is 0.814. The smallest absolute Gasteiger partial charge is 0.180 e. The maximum atomic E-state index is 11.6. The summed E-state index contributed by atoms with van der Waals surface area (Å²) < 4.78 is 30.3. The molecule has 3 rings (SSSR count). The van der Waals surface area contributed by atoms with Crippen molar-refractivity contribution in [2.24, 2.45) is 0 Å². The van der Waals surface area contributed by atoms with E-state index in [-0.39, 0.29) is 11.5 Å². The molecule has 17 heavy (non-hydrogen) atoms. The minimum atomic E-state index is -2.98. The molecule has 0 bridgehead atoms. The topological polar surface area (TPSA) is 60.7 Å². The summed E-state index contributed by atoms with van der Waals surface area (Å²) in [4.78, 5) is 4.46. The lowest BCUT2D eigenvalue weighted by Crippen LogP contribution is -2.19. The van der Waals surface area contributed by atoms with Crippen LogP contribution in [-0.4, -0.2) is 30.7 Å². The molecular formula is C11H12N2O3S. The van der Waals surface area contributed by atoms with Crippen LogP contribution >= 0.6 is 0 Å². The summed E-state index contributed by atoms with van der Waals surface area (Å²) in [5, 5.41) is 0. The monoisotopic (exact) mass is 252 g/mol. The van der Waals surface area contributed by atoms with Crippen LogP contribution in [0.3, 0.4) is 0 Å². The third-order valence-corrected chi connectivity index (χ3v) is 4.56. The van der Waals surface area contributed by atoms with Crippen molar-refractivity contribution in [3.63, 3.8) is 0 Å². The van der Waals surface area contributed by atoms with Crippen LogP contribution in [0, 0.1) is 0 Å². The average Bonchev–Trinajstić information content (AvgIpc) is 2.65. The van der Waals surface area contributed by atoms with Crippen LogP contribution in [0.1, 0.15) is 11.4 Å². The van der Waals surface area contributed by atoms with E-state index in [0.717, 1.165) is 11.4 Å². The van der Waals surface area contributed by atoms with Crippen molar-refractivity contribution < 1.29 is 13.2 Å². The molecule has 0 spiro atoms. The average molecular weight is 252 g/mol. The fraction of sp³-hybridized carbons (Fsp3) is 0.364. The second-order valence-corrected chi connectivity index (χ2v) is 6.30. The molecule has 0 fully saturated rings. The number of pyridine rings is 1. The molecule has 5 nitrogen and oxygen atoms in total. The number of hydrogen-bond acceptors (Lipinski definition) is 4. The van der Waals surface area contributed by atoms with E-state index in [1.807, 2.05) is 22.7 Å². The Morgan fingerprint density at radius 1 is 1.47 bits per heavy atom. The molecule has 1 aliphatic rings. The molecule has 2 aromatic heterocycles. The summed E-state index contributed by atoms with van der Waals surface area (Å²) in [5.74, 6) is 0.919. The Kier molecular flexibility index (Phi) is 2.16. The minimum absolute atomic E-state index is 0.0661. The third-order valence-electron chi connectivity index (χ3n) is 3.02. The van der Waals surface area contributed by atoms with Crippen molar-refractivity contribution in [2.45, 2.75) is 12.2 Å². The standard InChI is InChI=1S/C11H12N2O3S/c1-16-10-3-2-5-13-9-7-17(14,15)6-4-8(9)12-11(10)13/h2-3,5H,4,6-7H2,1H3. The summed E-state index contributed by atoms with van der Waals surface area (Å²) in [6.07, 6.45) is 2.31. The van der Waals surface area contributed by atoms with Crippen LogP contribution in [-0.2, 0) is 22.0 Å². The molecule has 3 heterocycles. The Hall–Kier alpha value is -1.56. The Bertz CT molecular complexity index is 688. The summed E-state index contributed by atoms with van der Waals surface area (Å²) in [6, 6.07) is 3.65. The van der Waals surface area contributed by atoms with Crippen molar-refractivity contribution in [1.82, 2.24) is 9.38 Å². The fourth-order valence-electron chi connectivity index (χ4n) is 2.18. The fourth-order valence-corrected chi connectivity index (χ4v) is 3.55. The molecule has 90 valence electrons. The number of rotatable bonds is 1. The maximum Gasteiger partial charge on any atom is 0.180 e. The maximum absolute atomic E-state index is 11.6. The van der Waals surface area contributed by atoms with Crippen molar-refractivity contribution in [1.29, 1.82) is 0 Å². The molecular weight excluding hydrogens is 240 g/mol. The Balaban J connectivity index is 2.30. The first-order chi connectivity index (χ1) is 8.11. The van der Waals surface area contributed by atoms with Crippen LogP contribution < -0.4 is 4.74 Å². The molecule has 0 amide bonds. The summed E-state index contributed by atoms with van der Waals surface area (Å²) in [6.45, 7) is 0. The first-order valence-corrected chi connectivity index (χ1v) is 7.16. The van der Waals surface area contributed by atoms with Gasteiger partial charge in [-0.1, -0.05) is 0 Å². The van der Waals surface area contributed by atoms with Gasteiger partial charge in [0.2, 0.25) is 0 Å². The van der Waals surface area contributed by atoms with Gasteiger partial charge in [0.15, 0.2) is 21.2 Å². The molecule has 0 N–H and O–H groups in total. The number of aryl methyl sites for hydroxylation is 1. The molecule has 0 saturated carbocycles. The first kappa shape index (κ1) is 10.6. The molecule has 0 aromatic carbocycles. The van der Waals surface area contributed by atoms with Gasteiger partial charge in [0.25, 0.3) is 0 Å². The van der Waals surface area contributed by atoms with E-state index in [2.05, 4.69) is 4.98 Å². The second-order valence-electron chi connectivity index (χ2n) is 4.12. The normalized spacial score (nSPS) is 17.9. The number of sulfone groups is 1. The highest BCUT2D eigenvalue weighted by molar-refractivity contribution is 7.90.